The molecule has 0 heterocycles. The highest BCUT2D eigenvalue weighted by Crippen LogP contribution is 2.44. The first-order chi connectivity index (χ1) is 8.65. The largest absolute Gasteiger partial charge is 0.382 e. The lowest BCUT2D eigenvalue weighted by atomic mass is 9.71. The van der Waals surface area contributed by atoms with Gasteiger partial charge in [0, 0.05) is 23.7 Å². The molecule has 1 aromatic carbocycles. The number of nitrogens with zero attached hydrogens (tertiary/aromatic N) is 1. The standard InChI is InChI=1S/C13H13BrN2O2/c14-11-7-9(4-5-13(11)16(17)18)15-12-6-8-2-1-3-10(8)12/h1,3-5,7-8,10,12,15H,2,6H2. The number of hydrogen-bond acceptors (Lipinski definition) is 3. The summed E-state index contributed by atoms with van der Waals surface area (Å²) >= 11 is 3.24. The number of rotatable bonds is 3. The van der Waals surface area contributed by atoms with Gasteiger partial charge in [-0.05, 0) is 46.8 Å². The summed E-state index contributed by atoms with van der Waals surface area (Å²) in [5, 5.41) is 14.2. The Morgan fingerprint density at radius 1 is 1.44 bits per heavy atom. The molecule has 0 bridgehead atoms. The van der Waals surface area contributed by atoms with Gasteiger partial charge >= 0.3 is 0 Å². The van der Waals surface area contributed by atoms with Crippen molar-refractivity contribution in [3.63, 3.8) is 0 Å². The quantitative estimate of drug-likeness (QED) is 0.526. The Morgan fingerprint density at radius 3 is 2.94 bits per heavy atom. The monoisotopic (exact) mass is 308 g/mol. The fourth-order valence-electron chi connectivity index (χ4n) is 2.84. The van der Waals surface area contributed by atoms with E-state index in [1.165, 1.54) is 18.9 Å². The third kappa shape index (κ3) is 1.92. The van der Waals surface area contributed by atoms with Crippen LogP contribution in [0.25, 0.3) is 0 Å². The van der Waals surface area contributed by atoms with Crippen molar-refractivity contribution in [3.05, 3.63) is 44.9 Å². The zero-order valence-corrected chi connectivity index (χ0v) is 11.3. The second kappa shape index (κ2) is 4.39. The number of nitro benzene ring substituents is 1. The van der Waals surface area contributed by atoms with Crippen LogP contribution in [0.4, 0.5) is 11.4 Å². The Hall–Kier alpha value is -1.36. The average Bonchev–Trinajstić information content (AvgIpc) is 2.67. The highest BCUT2D eigenvalue weighted by atomic mass is 79.9. The second-order valence-electron chi connectivity index (χ2n) is 4.91. The summed E-state index contributed by atoms with van der Waals surface area (Å²) in [5.74, 6) is 1.45. The van der Waals surface area contributed by atoms with Crippen molar-refractivity contribution < 1.29 is 4.92 Å². The first-order valence-corrected chi connectivity index (χ1v) is 6.81. The fourth-order valence-corrected chi connectivity index (χ4v) is 3.37. The molecule has 0 radical (unpaired) electrons. The van der Waals surface area contributed by atoms with Crippen molar-refractivity contribution in [3.8, 4) is 0 Å². The minimum atomic E-state index is -0.382. The second-order valence-corrected chi connectivity index (χ2v) is 5.77. The smallest absolute Gasteiger partial charge is 0.283 e. The number of allylic oxidation sites excluding steroid dienone is 1. The van der Waals surface area contributed by atoms with Gasteiger partial charge < -0.3 is 5.32 Å². The van der Waals surface area contributed by atoms with Gasteiger partial charge in [0.2, 0.25) is 0 Å². The first kappa shape index (κ1) is 11.7. The molecular formula is C13H13BrN2O2. The van der Waals surface area contributed by atoms with Gasteiger partial charge in [0.1, 0.15) is 0 Å². The molecule has 2 aliphatic rings. The summed E-state index contributed by atoms with van der Waals surface area (Å²) in [5.41, 5.74) is 1.05. The molecule has 2 aliphatic carbocycles. The minimum absolute atomic E-state index is 0.104. The van der Waals surface area contributed by atoms with Crippen molar-refractivity contribution in [1.82, 2.24) is 0 Å². The van der Waals surface area contributed by atoms with Crippen molar-refractivity contribution in [1.29, 1.82) is 0 Å². The van der Waals surface area contributed by atoms with Gasteiger partial charge in [0.15, 0.2) is 0 Å². The van der Waals surface area contributed by atoms with E-state index in [0.29, 0.717) is 16.4 Å². The van der Waals surface area contributed by atoms with Crippen LogP contribution in [-0.2, 0) is 0 Å². The predicted octanol–water partition coefficient (Wildman–Crippen LogP) is 3.73. The first-order valence-electron chi connectivity index (χ1n) is 6.02. The molecule has 1 fully saturated rings. The normalized spacial score (nSPS) is 28.6. The zero-order valence-electron chi connectivity index (χ0n) is 9.67. The Kier molecular flexibility index (Phi) is 2.86. The number of fused-ring (bicyclic) bond motifs is 1. The molecule has 0 aromatic heterocycles. The minimum Gasteiger partial charge on any atom is -0.382 e. The number of benzene rings is 1. The Bertz CT molecular complexity index is 530. The topological polar surface area (TPSA) is 55.2 Å². The van der Waals surface area contributed by atoms with Gasteiger partial charge in [0.25, 0.3) is 5.69 Å². The van der Waals surface area contributed by atoms with Gasteiger partial charge in [-0.2, -0.15) is 0 Å². The van der Waals surface area contributed by atoms with E-state index in [1.54, 1.807) is 12.1 Å². The third-order valence-corrected chi connectivity index (χ3v) is 4.49. The van der Waals surface area contributed by atoms with Crippen molar-refractivity contribution in [2.45, 2.75) is 18.9 Å². The molecule has 1 saturated carbocycles. The van der Waals surface area contributed by atoms with Crippen LogP contribution in [0.1, 0.15) is 12.8 Å². The molecule has 1 aromatic rings. The Morgan fingerprint density at radius 2 is 2.28 bits per heavy atom. The van der Waals surface area contributed by atoms with Crippen LogP contribution < -0.4 is 5.32 Å². The van der Waals surface area contributed by atoms with E-state index in [0.717, 1.165) is 11.6 Å². The van der Waals surface area contributed by atoms with Crippen LogP contribution in [0.5, 0.6) is 0 Å². The Labute approximate surface area is 113 Å². The van der Waals surface area contributed by atoms with Gasteiger partial charge in [-0.3, -0.25) is 10.1 Å². The predicted molar refractivity (Wildman–Crippen MR) is 73.6 cm³/mol. The maximum Gasteiger partial charge on any atom is 0.283 e. The molecule has 3 atom stereocenters. The van der Waals surface area contributed by atoms with Crippen LogP contribution in [0.3, 0.4) is 0 Å². The summed E-state index contributed by atoms with van der Waals surface area (Å²) < 4.78 is 0.523. The molecule has 94 valence electrons. The fraction of sp³-hybridized carbons (Fsp3) is 0.385. The summed E-state index contributed by atoms with van der Waals surface area (Å²) in [6.45, 7) is 0. The van der Waals surface area contributed by atoms with Gasteiger partial charge in [-0.25, -0.2) is 0 Å². The Balaban J connectivity index is 1.72. The van der Waals surface area contributed by atoms with Crippen LogP contribution in [0.2, 0.25) is 0 Å². The van der Waals surface area contributed by atoms with Gasteiger partial charge in [-0.1, -0.05) is 12.2 Å². The van der Waals surface area contributed by atoms with E-state index < -0.39 is 0 Å². The molecular weight excluding hydrogens is 296 g/mol. The molecule has 1 N–H and O–H groups in total. The van der Waals surface area contributed by atoms with Gasteiger partial charge in [0.05, 0.1) is 9.40 Å². The zero-order chi connectivity index (χ0) is 12.7. The van der Waals surface area contributed by atoms with Crippen LogP contribution in [0, 0.1) is 22.0 Å². The molecule has 18 heavy (non-hydrogen) atoms. The van der Waals surface area contributed by atoms with E-state index in [1.807, 2.05) is 0 Å². The molecule has 3 unspecified atom stereocenters. The summed E-state index contributed by atoms with van der Waals surface area (Å²) in [6.07, 6.45) is 6.92. The average molecular weight is 309 g/mol. The van der Waals surface area contributed by atoms with Crippen molar-refractivity contribution >= 4 is 27.3 Å². The lowest BCUT2D eigenvalue weighted by molar-refractivity contribution is -0.385. The van der Waals surface area contributed by atoms with Crippen molar-refractivity contribution in [2.24, 2.45) is 11.8 Å². The highest BCUT2D eigenvalue weighted by Gasteiger charge is 2.40. The third-order valence-electron chi connectivity index (χ3n) is 3.86. The molecule has 0 saturated heterocycles. The number of halogens is 1. The van der Waals surface area contributed by atoms with E-state index in [4.69, 9.17) is 0 Å². The molecule has 0 amide bonds. The van der Waals surface area contributed by atoms with Crippen LogP contribution in [0.15, 0.2) is 34.8 Å². The summed E-state index contributed by atoms with van der Waals surface area (Å²) in [7, 11) is 0. The lowest BCUT2D eigenvalue weighted by Crippen LogP contribution is -2.43. The van der Waals surface area contributed by atoms with E-state index in [-0.39, 0.29) is 10.6 Å². The van der Waals surface area contributed by atoms with Crippen LogP contribution in [-0.4, -0.2) is 11.0 Å². The maximum absolute atomic E-state index is 10.7. The van der Waals surface area contributed by atoms with E-state index in [2.05, 4.69) is 33.4 Å². The molecule has 0 spiro atoms. The molecule has 4 nitrogen and oxygen atoms in total. The number of nitrogens with one attached hydrogen (secondary N) is 1. The molecule has 5 heteroatoms. The highest BCUT2D eigenvalue weighted by molar-refractivity contribution is 9.10. The summed E-state index contributed by atoms with van der Waals surface area (Å²) in [4.78, 5) is 10.3. The van der Waals surface area contributed by atoms with Crippen LogP contribution >= 0.6 is 15.9 Å². The molecule has 3 rings (SSSR count). The van der Waals surface area contributed by atoms with E-state index >= 15 is 0 Å². The maximum atomic E-state index is 10.7. The van der Waals surface area contributed by atoms with E-state index in [9.17, 15) is 10.1 Å². The molecule has 0 aliphatic heterocycles. The number of nitro groups is 1. The lowest BCUT2D eigenvalue weighted by Gasteiger charge is -2.41. The SMILES string of the molecule is O=[N+]([O-])c1ccc(NC2CC3CC=CC32)cc1Br. The summed E-state index contributed by atoms with van der Waals surface area (Å²) in [6, 6.07) is 5.56. The number of anilines is 1. The number of hydrogen-bond donors (Lipinski definition) is 1. The van der Waals surface area contributed by atoms with Gasteiger partial charge in [-0.15, -0.1) is 0 Å². The van der Waals surface area contributed by atoms with Crippen molar-refractivity contribution in [2.75, 3.05) is 5.32 Å².